The monoisotopic (exact) mass is 604 g/mol. The molecule has 0 amide bonds. The van der Waals surface area contributed by atoms with Gasteiger partial charge in [0.1, 0.15) is 12.4 Å². The van der Waals surface area contributed by atoms with Crippen LogP contribution < -0.4 is 29.1 Å². The summed E-state index contributed by atoms with van der Waals surface area (Å²) in [5.74, 6) is 1.11. The van der Waals surface area contributed by atoms with E-state index in [2.05, 4.69) is 4.99 Å². The van der Waals surface area contributed by atoms with E-state index in [1.54, 1.807) is 45.2 Å². The van der Waals surface area contributed by atoms with Crippen molar-refractivity contribution in [2.75, 3.05) is 20.8 Å². The zero-order chi connectivity index (χ0) is 29.8. The smallest absolute Gasteiger partial charge is 0.338 e. The van der Waals surface area contributed by atoms with E-state index in [1.165, 1.54) is 23.0 Å². The first kappa shape index (κ1) is 29.2. The number of nitrogens with zero attached hydrogens (tertiary/aromatic N) is 2. The molecule has 3 aromatic carbocycles. The van der Waals surface area contributed by atoms with E-state index in [1.807, 2.05) is 48.5 Å². The van der Waals surface area contributed by atoms with Crippen LogP contribution in [-0.2, 0) is 16.1 Å². The van der Waals surface area contributed by atoms with Crippen LogP contribution >= 0.6 is 22.9 Å². The second-order valence-electron chi connectivity index (χ2n) is 9.37. The number of halogens is 1. The number of methoxy groups -OCH3 is 2. The van der Waals surface area contributed by atoms with Gasteiger partial charge in [-0.15, -0.1) is 0 Å². The number of benzene rings is 3. The summed E-state index contributed by atoms with van der Waals surface area (Å²) in [7, 11) is 3.08. The van der Waals surface area contributed by atoms with Gasteiger partial charge in [-0.2, -0.15) is 0 Å². The summed E-state index contributed by atoms with van der Waals surface area (Å²) >= 11 is 7.51. The van der Waals surface area contributed by atoms with Crippen LogP contribution in [0.1, 0.15) is 36.6 Å². The standard InChI is InChI=1S/C32H29ClN2O6S/c1-5-40-31(37)28-19(2)34-32-35(29(28)21-13-14-25(38-3)26(17-21)39-4)30(36)27(42-32)16-20-9-8-11-23(15-20)41-18-22-10-6-7-12-24(22)33/h6-17,29H,5,18H2,1-4H3. The van der Waals surface area contributed by atoms with Gasteiger partial charge in [-0.3, -0.25) is 9.36 Å². The van der Waals surface area contributed by atoms with Gasteiger partial charge in [-0.1, -0.05) is 59.3 Å². The highest BCUT2D eigenvalue weighted by Gasteiger charge is 2.34. The number of hydrogen-bond donors (Lipinski definition) is 0. The lowest BCUT2D eigenvalue weighted by Gasteiger charge is -2.25. The molecular formula is C32H29ClN2O6S. The largest absolute Gasteiger partial charge is 0.493 e. The summed E-state index contributed by atoms with van der Waals surface area (Å²) in [6.45, 7) is 3.98. The topological polar surface area (TPSA) is 88.4 Å². The normalized spacial score (nSPS) is 14.7. The minimum atomic E-state index is -0.771. The Bertz CT molecular complexity index is 1860. The highest BCUT2D eigenvalue weighted by molar-refractivity contribution is 7.07. The molecule has 0 N–H and O–H groups in total. The molecule has 5 rings (SSSR count). The van der Waals surface area contributed by atoms with Gasteiger partial charge in [0.15, 0.2) is 16.3 Å². The summed E-state index contributed by atoms with van der Waals surface area (Å²) < 4.78 is 24.3. The van der Waals surface area contributed by atoms with Crippen molar-refractivity contribution in [3.8, 4) is 17.2 Å². The molecule has 0 bridgehead atoms. The molecule has 0 radical (unpaired) electrons. The highest BCUT2D eigenvalue weighted by atomic mass is 35.5. The molecule has 10 heteroatoms. The SMILES string of the molecule is CCOC(=O)C1=C(C)N=c2sc(=Cc3cccc(OCc4ccccc4Cl)c3)c(=O)n2C1c1ccc(OC)c(OC)c1. The van der Waals surface area contributed by atoms with Crippen molar-refractivity contribution in [2.24, 2.45) is 4.99 Å². The number of rotatable bonds is 9. The van der Waals surface area contributed by atoms with E-state index in [0.717, 1.165) is 11.1 Å². The molecule has 0 saturated heterocycles. The Kier molecular flexibility index (Phi) is 8.80. The van der Waals surface area contributed by atoms with Gasteiger partial charge in [-0.05, 0) is 61.4 Å². The first-order valence-electron chi connectivity index (χ1n) is 13.2. The van der Waals surface area contributed by atoms with E-state index in [4.69, 9.17) is 30.5 Å². The number of carbonyl (C=O) groups is 1. The van der Waals surface area contributed by atoms with Crippen LogP contribution in [0.2, 0.25) is 5.02 Å². The van der Waals surface area contributed by atoms with Gasteiger partial charge in [0.2, 0.25) is 0 Å². The lowest BCUT2D eigenvalue weighted by Crippen LogP contribution is -2.39. The molecule has 42 heavy (non-hydrogen) atoms. The van der Waals surface area contributed by atoms with Crippen molar-refractivity contribution >= 4 is 35.0 Å². The van der Waals surface area contributed by atoms with Crippen molar-refractivity contribution in [1.82, 2.24) is 4.57 Å². The Balaban J connectivity index is 1.58. The number of allylic oxidation sites excluding steroid dienone is 1. The van der Waals surface area contributed by atoms with Crippen molar-refractivity contribution in [3.63, 3.8) is 0 Å². The van der Waals surface area contributed by atoms with E-state index in [9.17, 15) is 9.59 Å². The van der Waals surface area contributed by atoms with Crippen molar-refractivity contribution in [3.05, 3.63) is 119 Å². The Morgan fingerprint density at radius 2 is 1.83 bits per heavy atom. The lowest BCUT2D eigenvalue weighted by atomic mass is 9.95. The van der Waals surface area contributed by atoms with E-state index in [0.29, 0.717) is 49.5 Å². The van der Waals surface area contributed by atoms with Crippen LogP contribution in [-0.4, -0.2) is 31.4 Å². The number of ether oxygens (including phenoxy) is 4. The highest BCUT2D eigenvalue weighted by Crippen LogP contribution is 2.36. The fourth-order valence-electron chi connectivity index (χ4n) is 4.75. The molecule has 2 heterocycles. The third kappa shape index (κ3) is 5.84. The minimum absolute atomic E-state index is 0.188. The number of hydrogen-bond acceptors (Lipinski definition) is 8. The molecule has 1 unspecified atom stereocenters. The van der Waals surface area contributed by atoms with Crippen LogP contribution in [0.25, 0.3) is 6.08 Å². The third-order valence-corrected chi connectivity index (χ3v) is 8.10. The van der Waals surface area contributed by atoms with Gasteiger partial charge in [-0.25, -0.2) is 9.79 Å². The fraction of sp³-hybridized carbons (Fsp3) is 0.219. The van der Waals surface area contributed by atoms with Crippen LogP contribution in [0.5, 0.6) is 17.2 Å². The van der Waals surface area contributed by atoms with Crippen LogP contribution in [0, 0.1) is 0 Å². The van der Waals surface area contributed by atoms with Gasteiger partial charge in [0, 0.05) is 10.6 Å². The van der Waals surface area contributed by atoms with E-state index < -0.39 is 12.0 Å². The average Bonchev–Trinajstić information content (AvgIpc) is 3.29. The molecule has 1 aromatic heterocycles. The van der Waals surface area contributed by atoms with Crippen LogP contribution in [0.3, 0.4) is 0 Å². The number of thiazole rings is 1. The summed E-state index contributed by atoms with van der Waals surface area (Å²) in [5, 5.41) is 0.635. The zero-order valence-electron chi connectivity index (χ0n) is 23.5. The Morgan fingerprint density at radius 1 is 1.05 bits per heavy atom. The van der Waals surface area contributed by atoms with E-state index >= 15 is 0 Å². The zero-order valence-corrected chi connectivity index (χ0v) is 25.1. The molecule has 4 aromatic rings. The maximum atomic E-state index is 14.0. The molecule has 1 aliphatic rings. The van der Waals surface area contributed by atoms with Crippen molar-refractivity contribution in [2.45, 2.75) is 26.5 Å². The molecule has 1 aliphatic heterocycles. The summed E-state index contributed by atoms with van der Waals surface area (Å²) in [6.07, 6.45) is 1.79. The minimum Gasteiger partial charge on any atom is -0.493 e. The van der Waals surface area contributed by atoms with Gasteiger partial charge >= 0.3 is 5.97 Å². The molecule has 8 nitrogen and oxygen atoms in total. The number of carbonyl (C=O) groups excluding carboxylic acids is 1. The second kappa shape index (κ2) is 12.7. The summed E-state index contributed by atoms with van der Waals surface area (Å²) in [6, 6.07) is 19.5. The number of aromatic nitrogens is 1. The number of esters is 1. The predicted octanol–water partition coefficient (Wildman–Crippen LogP) is 5.05. The average molecular weight is 605 g/mol. The molecular weight excluding hydrogens is 576 g/mol. The molecule has 1 atom stereocenters. The van der Waals surface area contributed by atoms with Crippen molar-refractivity contribution < 1.29 is 23.7 Å². The third-order valence-electron chi connectivity index (χ3n) is 6.75. The second-order valence-corrected chi connectivity index (χ2v) is 10.8. The Morgan fingerprint density at radius 3 is 2.57 bits per heavy atom. The molecule has 0 fully saturated rings. The summed E-state index contributed by atoms with van der Waals surface area (Å²) in [5.41, 5.74) is 2.80. The maximum Gasteiger partial charge on any atom is 0.338 e. The Hall–Kier alpha value is -4.34. The van der Waals surface area contributed by atoms with Crippen LogP contribution in [0.15, 0.2) is 87.8 Å². The van der Waals surface area contributed by atoms with Gasteiger partial charge in [0.25, 0.3) is 5.56 Å². The molecule has 0 saturated carbocycles. The first-order valence-corrected chi connectivity index (χ1v) is 14.4. The lowest BCUT2D eigenvalue weighted by molar-refractivity contribution is -0.139. The molecule has 0 spiro atoms. The molecule has 0 aliphatic carbocycles. The number of fused-ring (bicyclic) bond motifs is 1. The molecule has 216 valence electrons. The van der Waals surface area contributed by atoms with Crippen molar-refractivity contribution in [1.29, 1.82) is 0 Å². The first-order chi connectivity index (χ1) is 20.3. The maximum absolute atomic E-state index is 14.0. The Labute approximate surface area is 251 Å². The van der Waals surface area contributed by atoms with E-state index in [-0.39, 0.29) is 17.7 Å². The van der Waals surface area contributed by atoms with Gasteiger partial charge in [0.05, 0.1) is 42.7 Å². The van der Waals surface area contributed by atoms with Crippen LogP contribution in [0.4, 0.5) is 0 Å². The quantitative estimate of drug-likeness (QED) is 0.249. The predicted molar refractivity (Wildman–Crippen MR) is 162 cm³/mol. The van der Waals surface area contributed by atoms with Gasteiger partial charge < -0.3 is 18.9 Å². The fourth-order valence-corrected chi connectivity index (χ4v) is 5.99. The summed E-state index contributed by atoms with van der Waals surface area (Å²) in [4.78, 5) is 32.2.